The average molecular weight is 417 g/mol. The Balaban J connectivity index is 1.99. The number of methoxy groups -OCH3 is 1. The van der Waals surface area contributed by atoms with Gasteiger partial charge in [0.2, 0.25) is 11.4 Å². The van der Waals surface area contributed by atoms with Crippen molar-refractivity contribution >= 4 is 10.8 Å². The van der Waals surface area contributed by atoms with E-state index in [0.717, 1.165) is 17.9 Å². The van der Waals surface area contributed by atoms with Crippen molar-refractivity contribution in [2.75, 3.05) is 7.11 Å². The molecule has 0 aliphatic rings. The van der Waals surface area contributed by atoms with E-state index in [1.807, 2.05) is 12.1 Å². The maximum atomic E-state index is 5.43. The van der Waals surface area contributed by atoms with Crippen molar-refractivity contribution in [1.29, 1.82) is 0 Å². The van der Waals surface area contributed by atoms with Crippen LogP contribution in [-0.2, 0) is 6.42 Å². The maximum absolute atomic E-state index is 5.43. The van der Waals surface area contributed by atoms with E-state index in [4.69, 9.17) is 4.74 Å². The van der Waals surface area contributed by atoms with Crippen molar-refractivity contribution in [3.8, 4) is 33.8 Å². The lowest BCUT2D eigenvalue weighted by molar-refractivity contribution is -0.590. The molecule has 0 atom stereocenters. The summed E-state index contributed by atoms with van der Waals surface area (Å²) in [5.74, 6) is 0.859. The monoisotopic (exact) mass is 416 g/mol. The van der Waals surface area contributed by atoms with Crippen LogP contribution in [0, 0.1) is 0 Å². The van der Waals surface area contributed by atoms with Crippen molar-refractivity contribution in [2.45, 2.75) is 13.3 Å². The molecule has 1 heterocycles. The fraction of sp³-hybridized carbons (Fsp3) is 0.100. The maximum Gasteiger partial charge on any atom is 0.227 e. The molecule has 5 rings (SSSR count). The van der Waals surface area contributed by atoms with E-state index >= 15 is 0 Å². The number of aryl methyl sites for hydroxylation is 1. The van der Waals surface area contributed by atoms with E-state index in [-0.39, 0.29) is 0 Å². The lowest BCUT2D eigenvalue weighted by atomic mass is 9.91. The molecule has 0 aliphatic carbocycles. The molecular formula is C30H26NO+. The van der Waals surface area contributed by atoms with Gasteiger partial charge < -0.3 is 4.74 Å². The first-order valence-corrected chi connectivity index (χ1v) is 11.1. The lowest BCUT2D eigenvalue weighted by Gasteiger charge is -2.17. The molecule has 0 aliphatic heterocycles. The van der Waals surface area contributed by atoms with Gasteiger partial charge in [0.05, 0.1) is 18.1 Å². The molecule has 156 valence electrons. The molecule has 0 bridgehead atoms. The van der Waals surface area contributed by atoms with Crippen LogP contribution in [0.1, 0.15) is 12.6 Å². The highest BCUT2D eigenvalue weighted by Crippen LogP contribution is 2.38. The largest absolute Gasteiger partial charge is 0.497 e. The molecule has 0 unspecified atom stereocenters. The number of ether oxygens (including phenoxy) is 1. The molecule has 32 heavy (non-hydrogen) atoms. The van der Waals surface area contributed by atoms with Gasteiger partial charge in [-0.3, -0.25) is 0 Å². The summed E-state index contributed by atoms with van der Waals surface area (Å²) in [4.78, 5) is 0. The Labute approximate surface area is 189 Å². The second-order valence-corrected chi connectivity index (χ2v) is 7.83. The molecule has 1 aromatic heterocycles. The molecule has 0 radical (unpaired) electrons. The number of nitrogens with zero attached hydrogens (tertiary/aromatic N) is 1. The predicted octanol–water partition coefficient (Wildman–Crippen LogP) is 7.02. The van der Waals surface area contributed by atoms with E-state index in [0.29, 0.717) is 0 Å². The summed E-state index contributed by atoms with van der Waals surface area (Å²) in [6.07, 6.45) is 0.918. The Morgan fingerprint density at radius 1 is 0.625 bits per heavy atom. The Bertz CT molecular complexity index is 1360. The summed E-state index contributed by atoms with van der Waals surface area (Å²) >= 11 is 0. The third-order valence-corrected chi connectivity index (χ3v) is 6.01. The average Bonchev–Trinajstić information content (AvgIpc) is 2.88. The van der Waals surface area contributed by atoms with E-state index in [1.165, 1.54) is 38.9 Å². The Morgan fingerprint density at radius 3 is 1.78 bits per heavy atom. The molecule has 0 N–H and O–H groups in total. The lowest BCUT2D eigenvalue weighted by Crippen LogP contribution is -2.39. The number of fused-ring (bicyclic) bond motifs is 1. The van der Waals surface area contributed by atoms with Crippen LogP contribution in [0.25, 0.3) is 38.8 Å². The Kier molecular flexibility index (Phi) is 5.43. The van der Waals surface area contributed by atoms with Gasteiger partial charge >= 0.3 is 0 Å². The van der Waals surface area contributed by atoms with Gasteiger partial charge in [-0.25, -0.2) is 0 Å². The summed E-state index contributed by atoms with van der Waals surface area (Å²) < 4.78 is 7.86. The zero-order chi connectivity index (χ0) is 21.9. The van der Waals surface area contributed by atoms with Gasteiger partial charge in [-0.15, -0.1) is 0 Å². The summed E-state index contributed by atoms with van der Waals surface area (Å²) in [6.45, 7) is 2.23. The summed E-state index contributed by atoms with van der Waals surface area (Å²) in [7, 11) is 1.71. The molecule has 0 spiro atoms. The quantitative estimate of drug-likeness (QED) is 0.281. The molecular weight excluding hydrogens is 390 g/mol. The molecule has 5 aromatic rings. The first kappa shape index (κ1) is 20.0. The normalized spacial score (nSPS) is 10.9. The van der Waals surface area contributed by atoms with Gasteiger partial charge in [-0.2, -0.15) is 4.57 Å². The van der Waals surface area contributed by atoms with Gasteiger partial charge in [-0.1, -0.05) is 73.7 Å². The molecule has 2 nitrogen and oxygen atoms in total. The van der Waals surface area contributed by atoms with Crippen molar-refractivity contribution in [2.24, 2.45) is 0 Å². The number of benzene rings is 4. The summed E-state index contributed by atoms with van der Waals surface area (Å²) in [5.41, 5.74) is 7.29. The van der Waals surface area contributed by atoms with E-state index in [2.05, 4.69) is 109 Å². The molecule has 0 fully saturated rings. The standard InChI is InChI=1S/C30H26NO/c1-3-28-26-16-10-11-17-27(26)29(22-12-6-4-7-13-22)30(23-14-8-5-9-15-23)31(28)24-18-20-25(32-2)21-19-24/h4-21H,3H2,1-2H3/q+1. The van der Waals surface area contributed by atoms with Crippen molar-refractivity contribution < 1.29 is 9.30 Å². The number of aromatic nitrogens is 1. The second kappa shape index (κ2) is 8.68. The molecule has 0 amide bonds. The highest BCUT2D eigenvalue weighted by Gasteiger charge is 2.29. The smallest absolute Gasteiger partial charge is 0.227 e. The van der Waals surface area contributed by atoms with E-state index in [1.54, 1.807) is 7.11 Å². The summed E-state index contributed by atoms with van der Waals surface area (Å²) in [5, 5.41) is 2.56. The van der Waals surface area contributed by atoms with Crippen molar-refractivity contribution in [3.05, 3.63) is 115 Å². The number of rotatable bonds is 5. The van der Waals surface area contributed by atoms with Crippen molar-refractivity contribution in [1.82, 2.24) is 0 Å². The first-order chi connectivity index (χ1) is 15.8. The number of hydrogen-bond acceptors (Lipinski definition) is 1. The molecule has 2 heteroatoms. The third kappa shape index (κ3) is 3.44. The fourth-order valence-electron chi connectivity index (χ4n) is 4.58. The minimum Gasteiger partial charge on any atom is -0.497 e. The fourth-order valence-corrected chi connectivity index (χ4v) is 4.58. The highest BCUT2D eigenvalue weighted by molar-refractivity contribution is 6.02. The van der Waals surface area contributed by atoms with Gasteiger partial charge in [0, 0.05) is 29.5 Å². The second-order valence-electron chi connectivity index (χ2n) is 7.83. The predicted molar refractivity (Wildman–Crippen MR) is 132 cm³/mol. The van der Waals surface area contributed by atoms with Crippen LogP contribution in [0.15, 0.2) is 109 Å². The third-order valence-electron chi connectivity index (χ3n) is 6.01. The van der Waals surface area contributed by atoms with Crippen molar-refractivity contribution in [3.63, 3.8) is 0 Å². The van der Waals surface area contributed by atoms with Crippen LogP contribution in [0.2, 0.25) is 0 Å². The van der Waals surface area contributed by atoms with Crippen LogP contribution < -0.4 is 9.30 Å². The Morgan fingerprint density at radius 2 is 1.19 bits per heavy atom. The van der Waals surface area contributed by atoms with Gasteiger partial charge in [-0.05, 0) is 35.9 Å². The zero-order valence-corrected chi connectivity index (χ0v) is 18.5. The Hall–Kier alpha value is -3.91. The highest BCUT2D eigenvalue weighted by atomic mass is 16.5. The SMILES string of the molecule is CCc1c2ccccc2c(-c2ccccc2)c(-c2ccccc2)[n+]1-c1ccc(OC)cc1. The first-order valence-electron chi connectivity index (χ1n) is 11.1. The summed E-state index contributed by atoms with van der Waals surface area (Å²) in [6, 6.07) is 38.6. The number of pyridine rings is 1. The molecule has 0 saturated heterocycles. The van der Waals surface area contributed by atoms with Gasteiger partial charge in [0.1, 0.15) is 5.75 Å². The van der Waals surface area contributed by atoms with Crippen LogP contribution in [-0.4, -0.2) is 7.11 Å². The van der Waals surface area contributed by atoms with Gasteiger partial charge in [0.15, 0.2) is 5.69 Å². The minimum absolute atomic E-state index is 0.859. The van der Waals surface area contributed by atoms with Crippen LogP contribution in [0.3, 0.4) is 0 Å². The minimum atomic E-state index is 0.859. The zero-order valence-electron chi connectivity index (χ0n) is 18.5. The molecule has 4 aromatic carbocycles. The van der Waals surface area contributed by atoms with E-state index in [9.17, 15) is 0 Å². The van der Waals surface area contributed by atoms with E-state index < -0.39 is 0 Å². The topological polar surface area (TPSA) is 13.1 Å². The van der Waals surface area contributed by atoms with Crippen LogP contribution in [0.5, 0.6) is 5.75 Å². The van der Waals surface area contributed by atoms with Crippen LogP contribution >= 0.6 is 0 Å². The number of hydrogen-bond donors (Lipinski definition) is 0. The van der Waals surface area contributed by atoms with Gasteiger partial charge in [0.25, 0.3) is 0 Å². The molecule has 0 saturated carbocycles. The van der Waals surface area contributed by atoms with Crippen LogP contribution in [0.4, 0.5) is 0 Å².